The van der Waals surface area contributed by atoms with Crippen LogP contribution in [0.5, 0.6) is 0 Å². The summed E-state index contributed by atoms with van der Waals surface area (Å²) in [6.07, 6.45) is 8.01. The summed E-state index contributed by atoms with van der Waals surface area (Å²) in [5.41, 5.74) is 2.69. The van der Waals surface area contributed by atoms with E-state index in [-0.39, 0.29) is 23.6 Å². The smallest absolute Gasteiger partial charge is 0.225 e. The molecule has 0 bridgehead atoms. The first-order valence-electron chi connectivity index (χ1n) is 13.8. The van der Waals surface area contributed by atoms with Gasteiger partial charge in [-0.15, -0.1) is 0 Å². The van der Waals surface area contributed by atoms with Gasteiger partial charge < -0.3 is 10.2 Å². The van der Waals surface area contributed by atoms with E-state index in [1.807, 2.05) is 24.3 Å². The summed E-state index contributed by atoms with van der Waals surface area (Å²) in [4.78, 5) is 19.8. The van der Waals surface area contributed by atoms with Crippen LogP contribution in [-0.2, 0) is 4.79 Å². The Morgan fingerprint density at radius 1 is 1.12 bits per heavy atom. The zero-order valence-electron chi connectivity index (χ0n) is 22.2. The molecule has 0 radical (unpaired) electrons. The molecule has 210 valence electrons. The van der Waals surface area contributed by atoms with Crippen molar-refractivity contribution in [2.75, 3.05) is 29.5 Å². The minimum absolute atomic E-state index is 0.0946. The average Bonchev–Trinajstić information content (AvgIpc) is 3.60. The molecule has 0 unspecified atom stereocenters. The maximum atomic E-state index is 14.8. The lowest BCUT2D eigenvalue weighted by atomic mass is 9.75. The van der Waals surface area contributed by atoms with Gasteiger partial charge in [0.2, 0.25) is 5.91 Å². The molecule has 9 nitrogen and oxygen atoms in total. The number of rotatable bonds is 6. The van der Waals surface area contributed by atoms with Crippen molar-refractivity contribution in [1.29, 1.82) is 5.26 Å². The van der Waals surface area contributed by atoms with Crippen molar-refractivity contribution >= 4 is 22.2 Å². The van der Waals surface area contributed by atoms with E-state index in [1.165, 1.54) is 23.0 Å². The number of halogens is 1. The summed E-state index contributed by atoms with van der Waals surface area (Å²) in [7, 11) is -2.48. The Bertz CT molecular complexity index is 1440. The summed E-state index contributed by atoms with van der Waals surface area (Å²) >= 11 is 0. The van der Waals surface area contributed by atoms with E-state index >= 15 is 0 Å². The Labute approximate surface area is 234 Å². The molecule has 40 heavy (non-hydrogen) atoms. The highest BCUT2D eigenvalue weighted by Gasteiger charge is 2.47. The van der Waals surface area contributed by atoms with E-state index in [0.29, 0.717) is 43.9 Å². The third-order valence-corrected chi connectivity index (χ3v) is 10.1. The van der Waals surface area contributed by atoms with Crippen LogP contribution in [0.1, 0.15) is 50.1 Å². The van der Waals surface area contributed by atoms with Gasteiger partial charge in [0.1, 0.15) is 5.54 Å². The lowest BCUT2D eigenvalue weighted by Gasteiger charge is -2.41. The maximum Gasteiger partial charge on any atom is 0.225 e. The number of anilines is 1. The minimum atomic E-state index is -2.48. The number of pyridine rings is 1. The fourth-order valence-corrected chi connectivity index (χ4v) is 7.09. The van der Waals surface area contributed by atoms with E-state index < -0.39 is 21.9 Å². The lowest BCUT2D eigenvalue weighted by molar-refractivity contribution is -0.127. The molecule has 3 fully saturated rings. The molecule has 6 rings (SSSR count). The van der Waals surface area contributed by atoms with Crippen molar-refractivity contribution in [2.24, 2.45) is 5.92 Å². The van der Waals surface area contributed by atoms with Gasteiger partial charge in [0.15, 0.2) is 11.6 Å². The monoisotopic (exact) mass is 564 g/mol. The third-order valence-electron chi connectivity index (χ3n) is 8.40. The topological polar surface area (TPSA) is 127 Å². The molecule has 0 spiro atoms. The highest BCUT2D eigenvalue weighted by molar-refractivity contribution is 8.24. The first kappa shape index (κ1) is 26.7. The second-order valence-corrected chi connectivity index (χ2v) is 13.5. The molecule has 1 aromatic carbocycles. The second kappa shape index (κ2) is 10.5. The van der Waals surface area contributed by atoms with E-state index in [2.05, 4.69) is 21.3 Å². The summed E-state index contributed by atoms with van der Waals surface area (Å²) in [5.74, 6) is -0.297. The van der Waals surface area contributed by atoms with E-state index in [9.17, 15) is 23.6 Å². The highest BCUT2D eigenvalue weighted by Crippen LogP contribution is 2.44. The van der Waals surface area contributed by atoms with Crippen LogP contribution in [0.4, 0.5) is 10.1 Å². The SMILES string of the molecule is N#CC1(NC(=O)[C@@H]2CCCC[C@H]2c2nn(-c3ncccc3F)cc2-c2ccc(N3CCS(O)(O)CC3)cc2)CC1. The van der Waals surface area contributed by atoms with Crippen LogP contribution in [0, 0.1) is 23.1 Å². The molecule has 3 heterocycles. The molecular formula is C29H33FN6O3S. The Morgan fingerprint density at radius 2 is 1.85 bits per heavy atom. The molecule has 3 aliphatic rings. The van der Waals surface area contributed by atoms with Crippen molar-refractivity contribution in [2.45, 2.75) is 50.0 Å². The van der Waals surface area contributed by atoms with Gasteiger partial charge in [-0.3, -0.25) is 13.9 Å². The van der Waals surface area contributed by atoms with Crippen LogP contribution in [0.15, 0.2) is 48.8 Å². The van der Waals surface area contributed by atoms with Gasteiger partial charge in [-0.1, -0.05) is 25.0 Å². The number of amides is 1. The quantitative estimate of drug-likeness (QED) is 0.381. The van der Waals surface area contributed by atoms with Crippen LogP contribution >= 0.6 is 10.6 Å². The first-order valence-corrected chi connectivity index (χ1v) is 15.7. The Morgan fingerprint density at radius 3 is 2.52 bits per heavy atom. The molecule has 1 amide bonds. The van der Waals surface area contributed by atoms with Gasteiger partial charge >= 0.3 is 0 Å². The van der Waals surface area contributed by atoms with Gasteiger partial charge in [-0.05, 0) is 55.5 Å². The molecular weight excluding hydrogens is 531 g/mol. The molecule has 2 aliphatic carbocycles. The molecule has 2 saturated carbocycles. The number of nitrogens with zero attached hydrogens (tertiary/aromatic N) is 5. The summed E-state index contributed by atoms with van der Waals surface area (Å²) in [6, 6.07) is 13.1. The van der Waals surface area contributed by atoms with Crippen LogP contribution in [0.25, 0.3) is 16.9 Å². The standard InChI is InChI=1S/C29H33FN6O3S/c30-25-6-3-13-32-27(25)36-18-24(20-7-9-21(10-8-20)35-14-16-40(38,39)17-15-35)26(34-36)22-4-1-2-5-23(22)28(37)33-29(19-31)11-12-29/h3,6-10,13,18,22-23,38-39H,1-2,4-5,11-12,14-17H2,(H,33,37)/t22-,23-/m1/s1. The fraction of sp³-hybridized carbons (Fsp3) is 0.448. The number of benzene rings is 1. The number of nitriles is 1. The van der Waals surface area contributed by atoms with Crippen LogP contribution < -0.4 is 10.2 Å². The highest BCUT2D eigenvalue weighted by atomic mass is 32.3. The van der Waals surface area contributed by atoms with Crippen LogP contribution in [0.3, 0.4) is 0 Å². The predicted molar refractivity (Wildman–Crippen MR) is 152 cm³/mol. The zero-order chi connectivity index (χ0) is 27.9. The van der Waals surface area contributed by atoms with Crippen molar-refractivity contribution < 1.29 is 18.3 Å². The average molecular weight is 565 g/mol. The zero-order valence-corrected chi connectivity index (χ0v) is 23.0. The number of hydrogen-bond acceptors (Lipinski definition) is 7. The van der Waals surface area contributed by atoms with Gasteiger partial charge in [-0.25, -0.2) is 14.1 Å². The van der Waals surface area contributed by atoms with Gasteiger partial charge in [0, 0.05) is 48.6 Å². The summed E-state index contributed by atoms with van der Waals surface area (Å²) < 4.78 is 36.2. The first-order chi connectivity index (χ1) is 19.3. The number of nitrogens with one attached hydrogen (secondary N) is 1. The third kappa shape index (κ3) is 5.31. The van der Waals surface area contributed by atoms with E-state index in [0.717, 1.165) is 41.8 Å². The summed E-state index contributed by atoms with van der Waals surface area (Å²) in [6.45, 7) is 1.15. The lowest BCUT2D eigenvalue weighted by Crippen LogP contribution is -2.42. The van der Waals surface area contributed by atoms with Crippen molar-refractivity contribution in [1.82, 2.24) is 20.1 Å². The number of hydrogen-bond donors (Lipinski definition) is 3. The van der Waals surface area contributed by atoms with Crippen molar-refractivity contribution in [3.63, 3.8) is 0 Å². The van der Waals surface area contributed by atoms with Gasteiger partial charge in [-0.2, -0.15) is 21.0 Å². The molecule has 2 atom stereocenters. The normalized spacial score (nSPS) is 24.1. The maximum absolute atomic E-state index is 14.8. The van der Waals surface area contributed by atoms with Crippen molar-refractivity contribution in [3.05, 3.63) is 60.3 Å². The van der Waals surface area contributed by atoms with Crippen molar-refractivity contribution in [3.8, 4) is 23.0 Å². The minimum Gasteiger partial charge on any atom is -0.368 e. The van der Waals surface area contributed by atoms with Gasteiger partial charge in [0.05, 0.1) is 23.3 Å². The molecule has 11 heteroatoms. The molecule has 3 aromatic rings. The Kier molecular flexibility index (Phi) is 7.02. The van der Waals surface area contributed by atoms with E-state index in [1.54, 1.807) is 6.20 Å². The largest absolute Gasteiger partial charge is 0.368 e. The number of carbonyl (C=O) groups excluding carboxylic acids is 1. The number of carbonyl (C=O) groups is 1. The van der Waals surface area contributed by atoms with E-state index in [4.69, 9.17) is 5.10 Å². The molecule has 2 aromatic heterocycles. The second-order valence-electron chi connectivity index (χ2n) is 11.1. The van der Waals surface area contributed by atoms with Gasteiger partial charge in [0.25, 0.3) is 0 Å². The Hall–Kier alpha value is -3.46. The predicted octanol–water partition coefficient (Wildman–Crippen LogP) is 5.09. The molecule has 1 saturated heterocycles. The fourth-order valence-electron chi connectivity index (χ4n) is 5.86. The van der Waals surface area contributed by atoms with Crippen LogP contribution in [-0.4, -0.2) is 59.9 Å². The Balaban J connectivity index is 1.35. The van der Waals surface area contributed by atoms with Crippen LogP contribution in [0.2, 0.25) is 0 Å². The summed E-state index contributed by atoms with van der Waals surface area (Å²) in [5, 5.41) is 17.4. The molecule has 3 N–H and O–H groups in total. The number of aromatic nitrogens is 3. The molecule has 1 aliphatic heterocycles.